The van der Waals surface area contributed by atoms with E-state index in [4.69, 9.17) is 4.98 Å². The molecule has 18 heavy (non-hydrogen) atoms. The van der Waals surface area contributed by atoms with E-state index in [1.54, 1.807) is 23.5 Å². The number of thiazole rings is 1. The van der Waals surface area contributed by atoms with Gasteiger partial charge in [0, 0.05) is 30.0 Å². The highest BCUT2D eigenvalue weighted by Crippen LogP contribution is 2.32. The molecule has 0 aliphatic carbocycles. The molecule has 0 amide bonds. The van der Waals surface area contributed by atoms with Gasteiger partial charge in [-0.25, -0.2) is 4.98 Å². The Balaban J connectivity index is 1.94. The molecule has 94 valence electrons. The van der Waals surface area contributed by atoms with Crippen LogP contribution in [-0.2, 0) is 13.0 Å². The zero-order valence-corrected chi connectivity index (χ0v) is 11.2. The second kappa shape index (κ2) is 4.71. The van der Waals surface area contributed by atoms with Crippen molar-refractivity contribution in [3.63, 3.8) is 0 Å². The second-order valence-corrected chi connectivity index (χ2v) is 5.64. The molecule has 2 aromatic rings. The van der Waals surface area contributed by atoms with Crippen LogP contribution in [0, 0.1) is 0 Å². The molecule has 0 bridgehead atoms. The highest BCUT2D eigenvalue weighted by molar-refractivity contribution is 7.15. The van der Waals surface area contributed by atoms with Crippen molar-refractivity contribution >= 4 is 11.3 Å². The molecule has 1 aromatic carbocycles. The summed E-state index contributed by atoms with van der Waals surface area (Å²) in [5.41, 5.74) is 2.25. The van der Waals surface area contributed by atoms with Crippen LogP contribution in [0.25, 0.3) is 10.6 Å². The van der Waals surface area contributed by atoms with Crippen molar-refractivity contribution in [2.75, 3.05) is 13.1 Å². The zero-order valence-electron chi connectivity index (χ0n) is 10.4. The first-order valence-electron chi connectivity index (χ1n) is 6.26. The lowest BCUT2D eigenvalue weighted by atomic mass is 10.2. The first-order chi connectivity index (χ1) is 8.76. The van der Waals surface area contributed by atoms with Crippen molar-refractivity contribution in [2.24, 2.45) is 0 Å². The van der Waals surface area contributed by atoms with Gasteiger partial charge >= 0.3 is 0 Å². The molecule has 4 heteroatoms. The number of aromatic nitrogens is 1. The molecule has 2 heterocycles. The molecule has 1 aliphatic heterocycles. The molecule has 3 nitrogen and oxygen atoms in total. The maximum Gasteiger partial charge on any atom is 0.124 e. The van der Waals surface area contributed by atoms with Crippen LogP contribution in [0.1, 0.15) is 17.5 Å². The van der Waals surface area contributed by atoms with Gasteiger partial charge in [0.25, 0.3) is 0 Å². The largest absolute Gasteiger partial charge is 0.508 e. The lowest BCUT2D eigenvalue weighted by Crippen LogP contribution is -2.29. The SMILES string of the molecule is CCN1CCc2nc(-c3cccc(O)c3)sc2C1. The number of hydrogen-bond donors (Lipinski definition) is 1. The van der Waals surface area contributed by atoms with E-state index in [0.717, 1.165) is 36.6 Å². The summed E-state index contributed by atoms with van der Waals surface area (Å²) in [5.74, 6) is 0.302. The monoisotopic (exact) mass is 260 g/mol. The normalized spacial score (nSPS) is 15.6. The molecule has 0 radical (unpaired) electrons. The predicted octanol–water partition coefficient (Wildman–Crippen LogP) is 2.89. The number of fused-ring (bicyclic) bond motifs is 1. The Bertz CT molecular complexity index is 565. The van der Waals surface area contributed by atoms with Gasteiger partial charge in [-0.05, 0) is 18.7 Å². The van der Waals surface area contributed by atoms with Crippen LogP contribution >= 0.6 is 11.3 Å². The molecule has 1 aliphatic rings. The maximum atomic E-state index is 9.53. The Morgan fingerprint density at radius 1 is 1.44 bits per heavy atom. The molecule has 1 aromatic heterocycles. The number of phenolic OH excluding ortho intramolecular Hbond substituents is 1. The Morgan fingerprint density at radius 3 is 3.11 bits per heavy atom. The third-order valence-corrected chi connectivity index (χ3v) is 4.48. The van der Waals surface area contributed by atoms with E-state index < -0.39 is 0 Å². The number of aromatic hydroxyl groups is 1. The topological polar surface area (TPSA) is 36.4 Å². The number of likely N-dealkylation sites (N-methyl/N-ethyl adjacent to an activating group) is 1. The number of phenols is 1. The first-order valence-corrected chi connectivity index (χ1v) is 7.08. The summed E-state index contributed by atoms with van der Waals surface area (Å²) in [7, 11) is 0. The number of rotatable bonds is 2. The van der Waals surface area contributed by atoms with E-state index in [-0.39, 0.29) is 0 Å². The van der Waals surface area contributed by atoms with Gasteiger partial charge in [-0.2, -0.15) is 0 Å². The number of nitrogens with zero attached hydrogens (tertiary/aromatic N) is 2. The number of hydrogen-bond acceptors (Lipinski definition) is 4. The molecule has 0 atom stereocenters. The van der Waals surface area contributed by atoms with Crippen LogP contribution in [0.2, 0.25) is 0 Å². The van der Waals surface area contributed by atoms with Crippen LogP contribution in [0.5, 0.6) is 5.75 Å². The van der Waals surface area contributed by atoms with Crippen molar-refractivity contribution in [1.29, 1.82) is 0 Å². The van der Waals surface area contributed by atoms with Crippen molar-refractivity contribution in [3.8, 4) is 16.3 Å². The minimum absolute atomic E-state index is 0.302. The van der Waals surface area contributed by atoms with Crippen molar-refractivity contribution < 1.29 is 5.11 Å². The van der Waals surface area contributed by atoms with Gasteiger partial charge in [0.05, 0.1) is 5.69 Å². The lowest BCUT2D eigenvalue weighted by molar-refractivity contribution is 0.270. The van der Waals surface area contributed by atoms with Gasteiger partial charge in [0.2, 0.25) is 0 Å². The van der Waals surface area contributed by atoms with Gasteiger partial charge in [0.1, 0.15) is 10.8 Å². The minimum Gasteiger partial charge on any atom is -0.508 e. The van der Waals surface area contributed by atoms with E-state index in [1.807, 2.05) is 12.1 Å². The summed E-state index contributed by atoms with van der Waals surface area (Å²) in [6, 6.07) is 7.34. The predicted molar refractivity (Wildman–Crippen MR) is 73.9 cm³/mol. The average Bonchev–Trinajstić information content (AvgIpc) is 2.81. The van der Waals surface area contributed by atoms with Gasteiger partial charge in [-0.1, -0.05) is 19.1 Å². The van der Waals surface area contributed by atoms with E-state index in [2.05, 4.69) is 11.8 Å². The first kappa shape index (κ1) is 11.7. The molecule has 0 saturated carbocycles. The van der Waals surface area contributed by atoms with Gasteiger partial charge in [0.15, 0.2) is 0 Å². The lowest BCUT2D eigenvalue weighted by Gasteiger charge is -2.23. The molecule has 3 rings (SSSR count). The molecule has 0 spiro atoms. The molecular formula is C14H16N2OS. The Kier molecular flexibility index (Phi) is 3.06. The van der Waals surface area contributed by atoms with Crippen LogP contribution < -0.4 is 0 Å². The fraction of sp³-hybridized carbons (Fsp3) is 0.357. The summed E-state index contributed by atoms with van der Waals surface area (Å²) in [5, 5.41) is 10.5. The fourth-order valence-electron chi connectivity index (χ4n) is 2.28. The smallest absolute Gasteiger partial charge is 0.124 e. The van der Waals surface area contributed by atoms with Crippen LogP contribution in [0.15, 0.2) is 24.3 Å². The summed E-state index contributed by atoms with van der Waals surface area (Å²) >= 11 is 1.75. The number of benzene rings is 1. The van der Waals surface area contributed by atoms with Gasteiger partial charge < -0.3 is 5.11 Å². The standard InChI is InChI=1S/C14H16N2OS/c1-2-16-7-6-12-13(9-16)18-14(15-12)10-4-3-5-11(17)8-10/h3-5,8,17H,2,6-7,9H2,1H3. The summed E-state index contributed by atoms with van der Waals surface area (Å²) < 4.78 is 0. The summed E-state index contributed by atoms with van der Waals surface area (Å²) in [6.07, 6.45) is 1.04. The molecule has 0 saturated heterocycles. The van der Waals surface area contributed by atoms with Crippen LogP contribution in [0.3, 0.4) is 0 Å². The van der Waals surface area contributed by atoms with Crippen molar-refractivity contribution in [3.05, 3.63) is 34.8 Å². The van der Waals surface area contributed by atoms with Crippen molar-refractivity contribution in [2.45, 2.75) is 19.9 Å². The second-order valence-electron chi connectivity index (χ2n) is 4.56. The van der Waals surface area contributed by atoms with Gasteiger partial charge in [-0.15, -0.1) is 11.3 Å². The minimum atomic E-state index is 0.302. The fourth-order valence-corrected chi connectivity index (χ4v) is 3.43. The van der Waals surface area contributed by atoms with E-state index in [0.29, 0.717) is 5.75 Å². The third-order valence-electron chi connectivity index (χ3n) is 3.35. The molecule has 1 N–H and O–H groups in total. The van der Waals surface area contributed by atoms with E-state index >= 15 is 0 Å². The molecular weight excluding hydrogens is 244 g/mol. The quantitative estimate of drug-likeness (QED) is 0.902. The van der Waals surface area contributed by atoms with Crippen LogP contribution in [-0.4, -0.2) is 28.1 Å². The highest BCUT2D eigenvalue weighted by atomic mass is 32.1. The third kappa shape index (κ3) is 2.13. The Hall–Kier alpha value is -1.39. The molecule has 0 unspecified atom stereocenters. The summed E-state index contributed by atoms with van der Waals surface area (Å²) in [4.78, 5) is 8.53. The average molecular weight is 260 g/mol. The molecule has 0 fully saturated rings. The van der Waals surface area contributed by atoms with E-state index in [9.17, 15) is 5.11 Å². The zero-order chi connectivity index (χ0) is 12.5. The van der Waals surface area contributed by atoms with E-state index in [1.165, 1.54) is 10.6 Å². The van der Waals surface area contributed by atoms with Gasteiger partial charge in [-0.3, -0.25) is 4.90 Å². The van der Waals surface area contributed by atoms with Crippen molar-refractivity contribution in [1.82, 2.24) is 9.88 Å². The maximum absolute atomic E-state index is 9.53. The Labute approximate surface area is 111 Å². The summed E-state index contributed by atoms with van der Waals surface area (Å²) in [6.45, 7) is 5.41. The van der Waals surface area contributed by atoms with Crippen LogP contribution in [0.4, 0.5) is 0 Å². The Morgan fingerprint density at radius 2 is 2.33 bits per heavy atom. The highest BCUT2D eigenvalue weighted by Gasteiger charge is 2.20.